The van der Waals surface area contributed by atoms with E-state index in [2.05, 4.69) is 133 Å². The van der Waals surface area contributed by atoms with Crippen molar-refractivity contribution in [3.8, 4) is 22.3 Å². The average Bonchev–Trinajstić information content (AvgIpc) is 3.57. The molecule has 0 saturated carbocycles. The second-order valence-electron chi connectivity index (χ2n) is 14.8. The molecule has 10 aromatic carbocycles. The van der Waals surface area contributed by atoms with E-state index in [-0.39, 0.29) is 13.2 Å². The normalized spacial score (nSPS) is 12.4. The maximum absolute atomic E-state index is 9.40. The van der Waals surface area contributed by atoms with Gasteiger partial charge in [-0.3, -0.25) is 0 Å². The number of aryl methyl sites for hydroxylation is 2. The highest BCUT2D eigenvalue weighted by molar-refractivity contribution is 6.27. The van der Waals surface area contributed by atoms with Gasteiger partial charge in [-0.2, -0.15) is 0 Å². The molecule has 0 radical (unpaired) electrons. The maximum Gasteiger partial charge on any atom is 0.136 e. The standard InChI is InChI=1S/C50H36O3/c51-21-1-3-29-23-35-7-5-31-9-15-39(43-19-13-37(25-29)47(35)49(31)43)33-11-17-41-42-18-12-34(28-46(42)53-45(41)27-33)40-16-10-32-6-8-36-24-30(4-2-22-52)26-38-14-20-44(40)50(32)48(36)38/h5-20,23-28,51-52H,1-4,21-22H2. The summed E-state index contributed by atoms with van der Waals surface area (Å²) in [5, 5.41) is 36.3. The van der Waals surface area contributed by atoms with Gasteiger partial charge in [-0.1, -0.05) is 109 Å². The van der Waals surface area contributed by atoms with Crippen LogP contribution in [0.2, 0.25) is 0 Å². The first kappa shape index (κ1) is 30.6. The van der Waals surface area contributed by atoms with Crippen LogP contribution in [0.4, 0.5) is 0 Å². The van der Waals surface area contributed by atoms with Crippen molar-refractivity contribution in [3.05, 3.63) is 145 Å². The Kier molecular flexibility index (Phi) is 6.79. The van der Waals surface area contributed by atoms with Crippen LogP contribution in [0.5, 0.6) is 0 Å². The highest BCUT2D eigenvalue weighted by Crippen LogP contribution is 2.43. The first-order chi connectivity index (χ1) is 26.1. The smallest absolute Gasteiger partial charge is 0.136 e. The summed E-state index contributed by atoms with van der Waals surface area (Å²) in [6, 6.07) is 49.5. The van der Waals surface area contributed by atoms with Crippen molar-refractivity contribution in [3.63, 3.8) is 0 Å². The lowest BCUT2D eigenvalue weighted by Gasteiger charge is -2.15. The number of hydrogen-bond donors (Lipinski definition) is 2. The van der Waals surface area contributed by atoms with Gasteiger partial charge in [0.1, 0.15) is 11.2 Å². The van der Waals surface area contributed by atoms with Crippen LogP contribution in [-0.2, 0) is 12.8 Å². The fourth-order valence-electron chi connectivity index (χ4n) is 9.24. The lowest BCUT2D eigenvalue weighted by molar-refractivity contribution is 0.288. The number of furan rings is 1. The third-order valence-corrected chi connectivity index (χ3v) is 11.7. The van der Waals surface area contributed by atoms with Gasteiger partial charge in [-0.15, -0.1) is 0 Å². The summed E-state index contributed by atoms with van der Waals surface area (Å²) in [6.07, 6.45) is 3.31. The molecule has 53 heavy (non-hydrogen) atoms. The van der Waals surface area contributed by atoms with Gasteiger partial charge in [0, 0.05) is 24.0 Å². The van der Waals surface area contributed by atoms with Crippen molar-refractivity contribution in [2.45, 2.75) is 25.7 Å². The molecule has 11 rings (SSSR count). The van der Waals surface area contributed by atoms with Gasteiger partial charge < -0.3 is 14.6 Å². The fraction of sp³-hybridized carbons (Fsp3) is 0.120. The van der Waals surface area contributed by atoms with Crippen LogP contribution < -0.4 is 0 Å². The Bertz CT molecular complexity index is 2950. The average molecular weight is 685 g/mol. The number of hydrogen-bond acceptors (Lipinski definition) is 3. The summed E-state index contributed by atoms with van der Waals surface area (Å²) >= 11 is 0. The van der Waals surface area contributed by atoms with Crippen molar-refractivity contribution in [1.29, 1.82) is 0 Å². The predicted octanol–water partition coefficient (Wildman–Crippen LogP) is 12.6. The molecule has 3 nitrogen and oxygen atoms in total. The van der Waals surface area contributed by atoms with Crippen molar-refractivity contribution >= 4 is 86.6 Å². The Balaban J connectivity index is 1.02. The molecule has 0 aliphatic carbocycles. The molecule has 1 heterocycles. The molecule has 0 bridgehead atoms. The summed E-state index contributed by atoms with van der Waals surface area (Å²) in [7, 11) is 0. The van der Waals surface area contributed by atoms with Gasteiger partial charge in [0.25, 0.3) is 0 Å². The Morgan fingerprint density at radius 1 is 0.358 bits per heavy atom. The van der Waals surface area contributed by atoms with Crippen molar-refractivity contribution < 1.29 is 14.6 Å². The third kappa shape index (κ3) is 4.68. The van der Waals surface area contributed by atoms with Crippen molar-refractivity contribution in [2.24, 2.45) is 0 Å². The van der Waals surface area contributed by atoms with Gasteiger partial charge in [0.2, 0.25) is 0 Å². The molecule has 1 aromatic heterocycles. The van der Waals surface area contributed by atoms with Crippen LogP contribution in [0, 0.1) is 0 Å². The summed E-state index contributed by atoms with van der Waals surface area (Å²) < 4.78 is 6.68. The molecule has 0 unspecified atom stereocenters. The molecule has 2 N–H and O–H groups in total. The Morgan fingerprint density at radius 2 is 0.736 bits per heavy atom. The first-order valence-electron chi connectivity index (χ1n) is 18.7. The lowest BCUT2D eigenvalue weighted by Crippen LogP contribution is -1.92. The fourth-order valence-corrected chi connectivity index (χ4v) is 9.24. The zero-order valence-electron chi connectivity index (χ0n) is 29.2. The maximum atomic E-state index is 9.40. The second-order valence-corrected chi connectivity index (χ2v) is 14.8. The van der Waals surface area contributed by atoms with Gasteiger partial charge in [0.15, 0.2) is 0 Å². The molecule has 0 aliphatic rings. The molecular weight excluding hydrogens is 649 g/mol. The van der Waals surface area contributed by atoms with E-state index in [4.69, 9.17) is 4.42 Å². The largest absolute Gasteiger partial charge is 0.456 e. The van der Waals surface area contributed by atoms with E-state index in [1.165, 1.54) is 86.9 Å². The number of fused-ring (bicyclic) bond motifs is 3. The number of aliphatic hydroxyl groups excluding tert-OH is 2. The minimum Gasteiger partial charge on any atom is -0.456 e. The van der Waals surface area contributed by atoms with Gasteiger partial charge in [-0.25, -0.2) is 0 Å². The van der Waals surface area contributed by atoms with E-state index in [1.807, 2.05) is 0 Å². The molecule has 0 atom stereocenters. The molecule has 0 spiro atoms. The van der Waals surface area contributed by atoms with Gasteiger partial charge in [0.05, 0.1) is 0 Å². The first-order valence-corrected chi connectivity index (χ1v) is 18.7. The Hall–Kier alpha value is -6.00. The predicted molar refractivity (Wildman–Crippen MR) is 223 cm³/mol. The van der Waals surface area contributed by atoms with Crippen LogP contribution in [-0.4, -0.2) is 23.4 Å². The van der Waals surface area contributed by atoms with Crippen molar-refractivity contribution in [1.82, 2.24) is 0 Å². The Labute approximate surface area is 306 Å². The quantitative estimate of drug-likeness (QED) is 0.157. The highest BCUT2D eigenvalue weighted by Gasteiger charge is 2.17. The lowest BCUT2D eigenvalue weighted by atomic mass is 9.88. The number of benzene rings is 10. The summed E-state index contributed by atoms with van der Waals surface area (Å²) in [5.41, 5.74) is 9.01. The van der Waals surface area contributed by atoms with Crippen molar-refractivity contribution in [2.75, 3.05) is 13.2 Å². The Morgan fingerprint density at radius 3 is 1.17 bits per heavy atom. The molecule has 0 fully saturated rings. The molecule has 11 aromatic rings. The third-order valence-electron chi connectivity index (χ3n) is 11.7. The van der Waals surface area contributed by atoms with Gasteiger partial charge in [-0.05, 0) is 148 Å². The summed E-state index contributed by atoms with van der Waals surface area (Å²) in [6.45, 7) is 0.419. The molecule has 3 heteroatoms. The zero-order valence-corrected chi connectivity index (χ0v) is 29.2. The zero-order chi connectivity index (χ0) is 35.2. The van der Waals surface area contributed by atoms with Gasteiger partial charge >= 0.3 is 0 Å². The monoisotopic (exact) mass is 684 g/mol. The highest BCUT2D eigenvalue weighted by atomic mass is 16.3. The van der Waals surface area contributed by atoms with E-state index in [0.29, 0.717) is 0 Å². The molecule has 0 saturated heterocycles. The van der Waals surface area contributed by atoms with Crippen LogP contribution in [0.15, 0.2) is 138 Å². The minimum absolute atomic E-state index is 0.210. The van der Waals surface area contributed by atoms with E-state index in [9.17, 15) is 10.2 Å². The molecular formula is C50H36O3. The van der Waals surface area contributed by atoms with Crippen LogP contribution in [0.1, 0.15) is 24.0 Å². The molecule has 0 aliphatic heterocycles. The summed E-state index contributed by atoms with van der Waals surface area (Å²) in [4.78, 5) is 0. The molecule has 0 amide bonds. The van der Waals surface area contributed by atoms with E-state index in [0.717, 1.165) is 58.7 Å². The van der Waals surface area contributed by atoms with Crippen LogP contribution in [0.25, 0.3) is 109 Å². The van der Waals surface area contributed by atoms with E-state index < -0.39 is 0 Å². The molecule has 254 valence electrons. The van der Waals surface area contributed by atoms with Crippen LogP contribution in [0.3, 0.4) is 0 Å². The summed E-state index contributed by atoms with van der Waals surface area (Å²) in [5.74, 6) is 0. The number of aliphatic hydroxyl groups is 2. The minimum atomic E-state index is 0.210. The topological polar surface area (TPSA) is 53.6 Å². The van der Waals surface area contributed by atoms with E-state index in [1.54, 1.807) is 0 Å². The SMILES string of the molecule is OCCCc1cc2ccc3ccc(-c4ccc5c(c4)oc4cc(-c6ccc7ccc8cc(CCCO)cc9ccc6c7c89)ccc45)c4ccc(c1)c2c34. The van der Waals surface area contributed by atoms with E-state index >= 15 is 0 Å². The second kappa shape index (κ2) is 11.8. The van der Waals surface area contributed by atoms with Crippen LogP contribution >= 0.6 is 0 Å². The number of rotatable bonds is 8.